The number of carbonyl (C=O) groups excluding carboxylic acids is 1. The highest BCUT2D eigenvalue weighted by Gasteiger charge is 2.21. The van der Waals surface area contributed by atoms with E-state index in [1.165, 1.54) is 0 Å². The van der Waals surface area contributed by atoms with Crippen LogP contribution < -0.4 is 16.4 Å². The average Bonchev–Trinajstić information content (AvgIpc) is 2.19. The molecule has 0 radical (unpaired) electrons. The Morgan fingerprint density at radius 1 is 1.28 bits per heavy atom. The Kier molecular flexibility index (Phi) is 4.29. The van der Waals surface area contributed by atoms with Crippen molar-refractivity contribution in [2.24, 2.45) is 11.1 Å². The third kappa shape index (κ3) is 4.00. The second kappa shape index (κ2) is 5.35. The molecule has 1 aromatic rings. The van der Waals surface area contributed by atoms with Crippen molar-refractivity contribution < 1.29 is 4.79 Å². The fraction of sp³-hybridized carbons (Fsp3) is 0.385. The molecule has 0 fully saturated rings. The summed E-state index contributed by atoms with van der Waals surface area (Å²) in [4.78, 5) is 11.9. The molecule has 0 spiro atoms. The van der Waals surface area contributed by atoms with Crippen LogP contribution in [0.1, 0.15) is 26.3 Å². The van der Waals surface area contributed by atoms with E-state index in [-0.39, 0.29) is 11.0 Å². The van der Waals surface area contributed by atoms with Crippen LogP contribution in [0, 0.1) is 12.3 Å². The summed E-state index contributed by atoms with van der Waals surface area (Å²) in [6.07, 6.45) is 0. The molecule has 1 amide bonds. The lowest BCUT2D eigenvalue weighted by Gasteiger charge is -2.19. The van der Waals surface area contributed by atoms with E-state index in [4.69, 9.17) is 18.0 Å². The maximum atomic E-state index is 11.9. The van der Waals surface area contributed by atoms with Crippen LogP contribution in [-0.4, -0.2) is 11.0 Å². The van der Waals surface area contributed by atoms with Gasteiger partial charge in [-0.1, -0.05) is 20.8 Å². The first-order valence-electron chi connectivity index (χ1n) is 5.68. The Hall–Kier alpha value is -1.62. The van der Waals surface area contributed by atoms with Crippen LogP contribution in [0.4, 0.5) is 11.4 Å². The van der Waals surface area contributed by atoms with E-state index in [2.05, 4.69) is 10.6 Å². The lowest BCUT2D eigenvalue weighted by molar-refractivity contribution is -0.123. The van der Waals surface area contributed by atoms with Gasteiger partial charge in [0.25, 0.3) is 0 Å². The van der Waals surface area contributed by atoms with Gasteiger partial charge in [0.1, 0.15) is 0 Å². The minimum absolute atomic E-state index is 0.0133. The molecule has 18 heavy (non-hydrogen) atoms. The molecule has 0 saturated carbocycles. The van der Waals surface area contributed by atoms with Crippen molar-refractivity contribution in [1.82, 2.24) is 0 Å². The summed E-state index contributed by atoms with van der Waals surface area (Å²) in [5.41, 5.74) is 7.55. The maximum Gasteiger partial charge on any atom is 0.229 e. The van der Waals surface area contributed by atoms with Crippen LogP contribution in [0.2, 0.25) is 0 Å². The number of thiocarbonyl (C=S) groups is 1. The second-order valence-corrected chi connectivity index (χ2v) is 5.66. The lowest BCUT2D eigenvalue weighted by atomic mass is 9.95. The number of anilines is 2. The fourth-order valence-corrected chi connectivity index (χ4v) is 1.45. The highest BCUT2D eigenvalue weighted by Crippen LogP contribution is 2.22. The number of nitrogens with one attached hydrogen (secondary N) is 2. The van der Waals surface area contributed by atoms with Crippen molar-refractivity contribution in [3.8, 4) is 0 Å². The van der Waals surface area contributed by atoms with Gasteiger partial charge in [-0.3, -0.25) is 4.79 Å². The zero-order chi connectivity index (χ0) is 13.9. The fourth-order valence-electron chi connectivity index (χ4n) is 1.33. The van der Waals surface area contributed by atoms with Crippen molar-refractivity contribution in [3.05, 3.63) is 23.8 Å². The molecule has 4 nitrogen and oxygen atoms in total. The molecular formula is C13H19N3OS. The molecule has 1 rings (SSSR count). The van der Waals surface area contributed by atoms with Crippen molar-refractivity contribution in [3.63, 3.8) is 0 Å². The van der Waals surface area contributed by atoms with Gasteiger partial charge in [0, 0.05) is 16.8 Å². The summed E-state index contributed by atoms with van der Waals surface area (Å²) in [5.74, 6) is -0.0133. The average molecular weight is 265 g/mol. The third-order valence-corrected chi connectivity index (χ3v) is 2.53. The van der Waals surface area contributed by atoms with Gasteiger partial charge in [-0.05, 0) is 42.9 Å². The van der Waals surface area contributed by atoms with Crippen LogP contribution >= 0.6 is 12.2 Å². The summed E-state index contributed by atoms with van der Waals surface area (Å²) >= 11 is 4.77. The smallest absolute Gasteiger partial charge is 0.229 e. The van der Waals surface area contributed by atoms with Gasteiger partial charge in [0.2, 0.25) is 5.91 Å². The molecule has 5 heteroatoms. The second-order valence-electron chi connectivity index (χ2n) is 5.22. The number of benzene rings is 1. The number of hydrogen-bond donors (Lipinski definition) is 3. The quantitative estimate of drug-likeness (QED) is 0.719. The van der Waals surface area contributed by atoms with Crippen molar-refractivity contribution in [2.45, 2.75) is 27.7 Å². The highest BCUT2D eigenvalue weighted by molar-refractivity contribution is 7.80. The van der Waals surface area contributed by atoms with E-state index in [1.807, 2.05) is 45.9 Å². The predicted octanol–water partition coefficient (Wildman–Crippen LogP) is 2.64. The summed E-state index contributed by atoms with van der Waals surface area (Å²) in [5, 5.41) is 5.98. The number of amides is 1. The number of hydrogen-bond acceptors (Lipinski definition) is 2. The molecule has 1 aromatic carbocycles. The van der Waals surface area contributed by atoms with Crippen LogP contribution in [0.25, 0.3) is 0 Å². The van der Waals surface area contributed by atoms with Gasteiger partial charge in [0.15, 0.2) is 5.11 Å². The van der Waals surface area contributed by atoms with Gasteiger partial charge in [-0.15, -0.1) is 0 Å². The molecule has 0 aliphatic heterocycles. The molecule has 0 aliphatic rings. The Labute approximate surface area is 113 Å². The van der Waals surface area contributed by atoms with Crippen LogP contribution in [0.15, 0.2) is 18.2 Å². The standard InChI is InChI=1S/C13H19N3OS/c1-8-7-9(15-12(14)18)5-6-10(8)16-11(17)13(2,3)4/h5-7H,1-4H3,(H,16,17)(H3,14,15,18). The first-order valence-corrected chi connectivity index (χ1v) is 6.09. The summed E-state index contributed by atoms with van der Waals surface area (Å²) in [7, 11) is 0. The van der Waals surface area contributed by atoms with E-state index in [0.29, 0.717) is 0 Å². The number of nitrogens with two attached hydrogens (primary N) is 1. The predicted molar refractivity (Wildman–Crippen MR) is 79.7 cm³/mol. The molecule has 98 valence electrons. The van der Waals surface area contributed by atoms with Crippen molar-refractivity contribution in [2.75, 3.05) is 10.6 Å². The summed E-state index contributed by atoms with van der Waals surface area (Å²) < 4.78 is 0. The van der Waals surface area contributed by atoms with Crippen LogP contribution in [-0.2, 0) is 4.79 Å². The Balaban J connectivity index is 2.86. The van der Waals surface area contributed by atoms with E-state index < -0.39 is 5.41 Å². The van der Waals surface area contributed by atoms with Gasteiger partial charge in [-0.2, -0.15) is 0 Å². The van der Waals surface area contributed by atoms with E-state index in [0.717, 1.165) is 16.9 Å². The molecule has 0 aromatic heterocycles. The number of carbonyl (C=O) groups is 1. The normalized spacial score (nSPS) is 10.9. The monoisotopic (exact) mass is 265 g/mol. The van der Waals surface area contributed by atoms with Crippen LogP contribution in [0.5, 0.6) is 0 Å². The van der Waals surface area contributed by atoms with Crippen LogP contribution in [0.3, 0.4) is 0 Å². The zero-order valence-electron chi connectivity index (χ0n) is 11.1. The minimum atomic E-state index is -0.414. The van der Waals surface area contributed by atoms with Crippen molar-refractivity contribution in [1.29, 1.82) is 0 Å². The molecule has 0 saturated heterocycles. The molecular weight excluding hydrogens is 246 g/mol. The highest BCUT2D eigenvalue weighted by atomic mass is 32.1. The minimum Gasteiger partial charge on any atom is -0.376 e. The third-order valence-electron chi connectivity index (χ3n) is 2.42. The van der Waals surface area contributed by atoms with E-state index in [1.54, 1.807) is 0 Å². The Morgan fingerprint density at radius 2 is 1.89 bits per heavy atom. The molecule has 4 N–H and O–H groups in total. The van der Waals surface area contributed by atoms with E-state index in [9.17, 15) is 4.79 Å². The Morgan fingerprint density at radius 3 is 2.33 bits per heavy atom. The summed E-state index contributed by atoms with van der Waals surface area (Å²) in [6.45, 7) is 7.55. The zero-order valence-corrected chi connectivity index (χ0v) is 11.9. The number of rotatable bonds is 2. The first-order chi connectivity index (χ1) is 8.20. The molecule has 0 aliphatic carbocycles. The topological polar surface area (TPSA) is 67.2 Å². The molecule has 0 bridgehead atoms. The van der Waals surface area contributed by atoms with Crippen molar-refractivity contribution >= 4 is 34.6 Å². The first kappa shape index (κ1) is 14.4. The maximum absolute atomic E-state index is 11.9. The van der Waals surface area contributed by atoms with Gasteiger partial charge in [0.05, 0.1) is 0 Å². The molecule has 0 heterocycles. The lowest BCUT2D eigenvalue weighted by Crippen LogP contribution is -2.28. The largest absolute Gasteiger partial charge is 0.376 e. The molecule has 0 unspecified atom stereocenters. The van der Waals surface area contributed by atoms with Gasteiger partial charge >= 0.3 is 0 Å². The molecule has 0 atom stereocenters. The number of aryl methyl sites for hydroxylation is 1. The van der Waals surface area contributed by atoms with Gasteiger partial charge < -0.3 is 16.4 Å². The SMILES string of the molecule is Cc1cc(NC(N)=S)ccc1NC(=O)C(C)(C)C. The Bertz CT molecular complexity index is 478. The summed E-state index contributed by atoms with van der Waals surface area (Å²) in [6, 6.07) is 5.54. The van der Waals surface area contributed by atoms with Gasteiger partial charge in [-0.25, -0.2) is 0 Å². The van der Waals surface area contributed by atoms with E-state index >= 15 is 0 Å².